The molecule has 5 nitrogen and oxygen atoms in total. The Balaban J connectivity index is 1.41. The average molecular weight is 780 g/mol. The molecule has 5 heteroatoms. The van der Waals surface area contributed by atoms with Crippen molar-refractivity contribution < 1.29 is 0 Å². The molecular weight excluding hydrogens is 743 g/mol. The number of allylic oxidation sites excluding steroid dienone is 1. The maximum atomic E-state index is 12.2. The minimum atomic E-state index is 0.553. The molecule has 0 fully saturated rings. The zero-order valence-corrected chi connectivity index (χ0v) is 33.4. The third-order valence-electron chi connectivity index (χ3n) is 12.5. The molecule has 0 amide bonds. The van der Waals surface area contributed by atoms with Gasteiger partial charge in [0.25, 0.3) is 0 Å². The highest BCUT2D eigenvalue weighted by atomic mass is 15.1. The summed E-state index contributed by atoms with van der Waals surface area (Å²) in [5.41, 5.74) is 13.2. The molecule has 0 bridgehead atoms. The van der Waals surface area contributed by atoms with Gasteiger partial charge in [0.05, 0.1) is 67.1 Å². The van der Waals surface area contributed by atoms with Crippen molar-refractivity contribution in [2.24, 2.45) is 0 Å². The summed E-state index contributed by atoms with van der Waals surface area (Å²) in [5, 5.41) is 20.1. The summed E-state index contributed by atoms with van der Waals surface area (Å²) in [5.74, 6) is 0. The molecule has 12 aromatic rings. The van der Waals surface area contributed by atoms with Crippen LogP contribution in [-0.4, -0.2) is 18.3 Å². The van der Waals surface area contributed by atoms with E-state index >= 15 is 0 Å². The SMILES string of the molecule is C=Cc1c(/C=C\C)n(-c2cc(-n3c4ccccc4c4ccccc43)c(-n3c4ccccc4c4ccccc43)c(C#N)c2-n2c3ccccc3c3ccccc32)c2ccccc12. The molecule has 0 saturated carbocycles. The van der Waals surface area contributed by atoms with E-state index in [1.54, 1.807) is 0 Å². The first-order valence-corrected chi connectivity index (χ1v) is 20.7. The predicted molar refractivity (Wildman–Crippen MR) is 256 cm³/mol. The van der Waals surface area contributed by atoms with Crippen molar-refractivity contribution >= 4 is 88.5 Å². The predicted octanol–water partition coefficient (Wildman–Crippen LogP) is 14.5. The summed E-state index contributed by atoms with van der Waals surface area (Å²) < 4.78 is 9.38. The maximum Gasteiger partial charge on any atom is 0.104 e. The van der Waals surface area contributed by atoms with E-state index in [0.717, 1.165) is 110 Å². The first-order valence-electron chi connectivity index (χ1n) is 20.7. The summed E-state index contributed by atoms with van der Waals surface area (Å²) >= 11 is 0. The Labute approximate surface area is 351 Å². The highest BCUT2D eigenvalue weighted by Gasteiger charge is 2.30. The summed E-state index contributed by atoms with van der Waals surface area (Å²) in [6.45, 7) is 6.39. The number of nitrogens with zero attached hydrogens (tertiary/aromatic N) is 5. The van der Waals surface area contributed by atoms with Crippen molar-refractivity contribution in [3.63, 3.8) is 0 Å². The fourth-order valence-corrected chi connectivity index (χ4v) is 10.1. The van der Waals surface area contributed by atoms with Gasteiger partial charge in [-0.1, -0.05) is 146 Å². The standard InChI is InChI=1S/C56H37N5/c1-3-19-45-36(4-2)37-20-5-12-27-46(37)58(45)53-34-54(59-47-28-13-6-21-38(47)39-22-7-14-29-48(39)59)56(61-51-32-17-10-25-42(51)43-26-11-18-33-52(43)61)44(35-57)55(53)60-49-30-15-8-23-40(49)41-24-9-16-31-50(41)60/h3-34H,2H2,1H3/b19-3-. The van der Waals surface area contributed by atoms with Crippen LogP contribution in [0.4, 0.5) is 0 Å². The van der Waals surface area contributed by atoms with E-state index in [4.69, 9.17) is 0 Å². The number of benzene rings is 8. The van der Waals surface area contributed by atoms with Gasteiger partial charge in [-0.2, -0.15) is 5.26 Å². The maximum absolute atomic E-state index is 12.2. The van der Waals surface area contributed by atoms with Crippen LogP contribution in [0.1, 0.15) is 23.7 Å². The third kappa shape index (κ3) is 4.76. The van der Waals surface area contributed by atoms with E-state index < -0.39 is 0 Å². The second kappa shape index (κ2) is 13.4. The van der Waals surface area contributed by atoms with Crippen molar-refractivity contribution in [1.29, 1.82) is 5.26 Å². The molecular formula is C56H37N5. The lowest BCUT2D eigenvalue weighted by Gasteiger charge is -2.25. The molecule has 0 saturated heterocycles. The van der Waals surface area contributed by atoms with E-state index in [2.05, 4.69) is 226 Å². The lowest BCUT2D eigenvalue weighted by atomic mass is 10.0. The van der Waals surface area contributed by atoms with Crippen molar-refractivity contribution in [2.45, 2.75) is 6.92 Å². The minimum absolute atomic E-state index is 0.553. The Morgan fingerprint density at radius 3 is 1.08 bits per heavy atom. The average Bonchev–Trinajstić information content (AvgIpc) is 4.03. The van der Waals surface area contributed by atoms with E-state index in [1.165, 1.54) is 0 Å². The second-order valence-electron chi connectivity index (χ2n) is 15.6. The number of hydrogen-bond acceptors (Lipinski definition) is 1. The van der Waals surface area contributed by atoms with Crippen LogP contribution < -0.4 is 0 Å². The van der Waals surface area contributed by atoms with Crippen molar-refractivity contribution in [2.75, 3.05) is 0 Å². The summed E-state index contributed by atoms with van der Waals surface area (Å²) in [4.78, 5) is 0. The molecule has 0 spiro atoms. The molecule has 0 atom stereocenters. The third-order valence-corrected chi connectivity index (χ3v) is 12.5. The molecule has 12 rings (SSSR count). The Bertz CT molecular complexity index is 3710. The molecule has 0 radical (unpaired) electrons. The van der Waals surface area contributed by atoms with Crippen LogP contribution >= 0.6 is 0 Å². The van der Waals surface area contributed by atoms with Gasteiger partial charge in [0.2, 0.25) is 0 Å². The van der Waals surface area contributed by atoms with Crippen LogP contribution in [0.15, 0.2) is 189 Å². The van der Waals surface area contributed by atoms with Crippen LogP contribution in [0, 0.1) is 11.3 Å². The first-order chi connectivity index (χ1) is 30.2. The van der Waals surface area contributed by atoms with E-state index in [1.807, 2.05) is 6.08 Å². The van der Waals surface area contributed by atoms with Gasteiger partial charge in [0, 0.05) is 43.3 Å². The molecule has 0 aliphatic rings. The minimum Gasteiger partial charge on any atom is -0.307 e. The van der Waals surface area contributed by atoms with Gasteiger partial charge in [-0.3, -0.25) is 0 Å². The molecule has 4 heterocycles. The summed E-state index contributed by atoms with van der Waals surface area (Å²) in [6, 6.07) is 65.3. The Kier molecular flexibility index (Phi) is 7.59. The molecule has 0 aliphatic heterocycles. The quantitative estimate of drug-likeness (QED) is 0.166. The molecule has 0 N–H and O–H groups in total. The Morgan fingerprint density at radius 2 is 0.738 bits per heavy atom. The van der Waals surface area contributed by atoms with Crippen LogP contribution in [0.2, 0.25) is 0 Å². The number of para-hydroxylation sites is 7. The number of hydrogen-bond donors (Lipinski definition) is 0. The number of rotatable bonds is 6. The lowest BCUT2D eigenvalue weighted by Crippen LogP contribution is -2.14. The van der Waals surface area contributed by atoms with Gasteiger partial charge in [-0.15, -0.1) is 0 Å². The zero-order chi connectivity index (χ0) is 40.8. The summed E-state index contributed by atoms with van der Waals surface area (Å²) in [6.07, 6.45) is 6.21. The van der Waals surface area contributed by atoms with Crippen molar-refractivity contribution in [3.05, 3.63) is 205 Å². The largest absolute Gasteiger partial charge is 0.307 e. The fraction of sp³-hybridized carbons (Fsp3) is 0.0179. The monoisotopic (exact) mass is 779 g/mol. The van der Waals surface area contributed by atoms with Gasteiger partial charge in [0.15, 0.2) is 0 Å². The Hall–Kier alpha value is -8.33. The number of nitriles is 1. The smallest absolute Gasteiger partial charge is 0.104 e. The second-order valence-corrected chi connectivity index (χ2v) is 15.6. The van der Waals surface area contributed by atoms with Gasteiger partial charge in [0.1, 0.15) is 11.6 Å². The highest BCUT2D eigenvalue weighted by Crippen LogP contribution is 2.46. The van der Waals surface area contributed by atoms with Crippen LogP contribution in [-0.2, 0) is 0 Å². The normalized spacial score (nSPS) is 12.0. The number of fused-ring (bicyclic) bond motifs is 10. The zero-order valence-electron chi connectivity index (χ0n) is 33.4. The first kappa shape index (κ1) is 34.7. The van der Waals surface area contributed by atoms with Gasteiger partial charge in [-0.05, 0) is 61.5 Å². The van der Waals surface area contributed by atoms with Crippen LogP contribution in [0.25, 0.3) is 111 Å². The van der Waals surface area contributed by atoms with Crippen molar-refractivity contribution in [3.8, 4) is 28.8 Å². The molecule has 0 aliphatic carbocycles. The van der Waals surface area contributed by atoms with E-state index in [-0.39, 0.29) is 0 Å². The molecule has 0 unspecified atom stereocenters. The van der Waals surface area contributed by atoms with E-state index in [9.17, 15) is 5.26 Å². The van der Waals surface area contributed by atoms with Crippen LogP contribution in [0.3, 0.4) is 0 Å². The van der Waals surface area contributed by atoms with Crippen molar-refractivity contribution in [1.82, 2.24) is 18.3 Å². The molecule has 8 aromatic carbocycles. The van der Waals surface area contributed by atoms with Crippen LogP contribution in [0.5, 0.6) is 0 Å². The topological polar surface area (TPSA) is 43.5 Å². The molecule has 286 valence electrons. The van der Waals surface area contributed by atoms with Gasteiger partial charge < -0.3 is 18.3 Å². The Morgan fingerprint density at radius 1 is 0.426 bits per heavy atom. The number of aromatic nitrogens is 4. The lowest BCUT2D eigenvalue weighted by molar-refractivity contribution is 1.01. The highest BCUT2D eigenvalue weighted by molar-refractivity contribution is 6.14. The molecule has 4 aromatic heterocycles. The summed E-state index contributed by atoms with van der Waals surface area (Å²) in [7, 11) is 0. The fourth-order valence-electron chi connectivity index (χ4n) is 10.1. The van der Waals surface area contributed by atoms with Gasteiger partial charge in [-0.25, -0.2) is 0 Å². The molecule has 61 heavy (non-hydrogen) atoms. The van der Waals surface area contributed by atoms with E-state index in [0.29, 0.717) is 5.56 Å². The van der Waals surface area contributed by atoms with Gasteiger partial charge >= 0.3 is 0 Å².